The summed E-state index contributed by atoms with van der Waals surface area (Å²) in [5.74, 6) is 0.325. The van der Waals surface area contributed by atoms with E-state index >= 15 is 0 Å². The number of carbonyl (C=O) groups is 1. The number of likely N-dealkylation sites (tertiary alicyclic amines) is 1. The molecule has 0 aromatic heterocycles. The number of hydrogen-bond donors (Lipinski definition) is 1. The van der Waals surface area contributed by atoms with Crippen molar-refractivity contribution in [3.05, 3.63) is 76.3 Å². The normalized spacial score (nSPS) is 16.0. The van der Waals surface area contributed by atoms with Gasteiger partial charge < -0.3 is 15.5 Å². The highest BCUT2D eigenvalue weighted by molar-refractivity contribution is 6.30. The molecule has 1 amide bonds. The van der Waals surface area contributed by atoms with Crippen molar-refractivity contribution in [1.82, 2.24) is 4.90 Å². The van der Waals surface area contributed by atoms with Crippen LogP contribution in [0.25, 0.3) is 0 Å². The Morgan fingerprint density at radius 2 is 1.60 bits per heavy atom. The first-order valence-electron chi connectivity index (χ1n) is 13.1. The molecule has 190 valence electrons. The number of nitrogens with two attached hydrogens (primary N) is 1. The van der Waals surface area contributed by atoms with Gasteiger partial charge in [-0.25, -0.2) is 0 Å². The molecule has 0 spiro atoms. The Bertz CT molecular complexity index is 958. The second-order valence-electron chi connectivity index (χ2n) is 10.2. The van der Waals surface area contributed by atoms with Gasteiger partial charge in [-0.1, -0.05) is 67.8 Å². The van der Waals surface area contributed by atoms with Crippen LogP contribution in [0.4, 0.5) is 5.69 Å². The summed E-state index contributed by atoms with van der Waals surface area (Å²) in [5, 5.41) is 0.781. The van der Waals surface area contributed by atoms with Crippen LogP contribution in [0.5, 0.6) is 0 Å². The number of amides is 1. The molecule has 5 heteroatoms. The summed E-state index contributed by atoms with van der Waals surface area (Å²) in [7, 11) is 0. The van der Waals surface area contributed by atoms with Gasteiger partial charge in [0.1, 0.15) is 0 Å². The Morgan fingerprint density at radius 3 is 2.11 bits per heavy atom. The molecular formula is C30H42ClN3O. The molecule has 3 rings (SSSR count). The second kappa shape index (κ2) is 13.1. The molecule has 0 saturated carbocycles. The van der Waals surface area contributed by atoms with Crippen molar-refractivity contribution in [1.29, 1.82) is 0 Å². The van der Waals surface area contributed by atoms with Gasteiger partial charge in [0.15, 0.2) is 0 Å². The van der Waals surface area contributed by atoms with E-state index in [1.54, 1.807) is 0 Å². The van der Waals surface area contributed by atoms with E-state index in [0.29, 0.717) is 6.04 Å². The Hall–Kier alpha value is -2.30. The lowest BCUT2D eigenvalue weighted by atomic mass is 9.96. The van der Waals surface area contributed by atoms with Gasteiger partial charge >= 0.3 is 0 Å². The van der Waals surface area contributed by atoms with E-state index in [1.807, 2.05) is 17.0 Å². The highest BCUT2D eigenvalue weighted by atomic mass is 35.5. The highest BCUT2D eigenvalue weighted by Gasteiger charge is 2.30. The molecule has 2 atom stereocenters. The van der Waals surface area contributed by atoms with Gasteiger partial charge in [0.05, 0.1) is 6.04 Å². The van der Waals surface area contributed by atoms with Crippen LogP contribution in [0.15, 0.2) is 60.2 Å². The molecule has 1 fully saturated rings. The predicted molar refractivity (Wildman–Crippen MR) is 149 cm³/mol. The first-order valence-corrected chi connectivity index (χ1v) is 13.4. The predicted octanol–water partition coefficient (Wildman–Crippen LogP) is 6.26. The van der Waals surface area contributed by atoms with E-state index in [-0.39, 0.29) is 11.8 Å². The van der Waals surface area contributed by atoms with Crippen molar-refractivity contribution in [2.45, 2.75) is 71.9 Å². The molecule has 1 aliphatic heterocycles. The largest absolute Gasteiger partial charge is 0.365 e. The average Bonchev–Trinajstić information content (AvgIpc) is 2.88. The van der Waals surface area contributed by atoms with Crippen molar-refractivity contribution in [2.24, 2.45) is 11.7 Å². The third kappa shape index (κ3) is 7.85. The molecule has 35 heavy (non-hydrogen) atoms. The molecule has 0 radical (unpaired) electrons. The van der Waals surface area contributed by atoms with Crippen LogP contribution in [0.2, 0.25) is 5.02 Å². The second-order valence-corrected chi connectivity index (χ2v) is 10.6. The van der Waals surface area contributed by atoms with E-state index in [2.05, 4.69) is 75.1 Å². The van der Waals surface area contributed by atoms with Crippen LogP contribution >= 0.6 is 11.6 Å². The summed E-state index contributed by atoms with van der Waals surface area (Å²) in [4.78, 5) is 17.3. The number of halogens is 1. The molecule has 0 bridgehead atoms. The zero-order valence-corrected chi connectivity index (χ0v) is 22.6. The summed E-state index contributed by atoms with van der Waals surface area (Å²) < 4.78 is 0. The third-order valence-corrected chi connectivity index (χ3v) is 7.59. The Balaban J connectivity index is 1.64. The summed E-state index contributed by atoms with van der Waals surface area (Å²) in [5.41, 5.74) is 11.4. The van der Waals surface area contributed by atoms with Crippen molar-refractivity contribution in [2.75, 3.05) is 24.5 Å². The summed E-state index contributed by atoms with van der Waals surface area (Å²) in [6.07, 6.45) is 7.16. The van der Waals surface area contributed by atoms with Crippen LogP contribution in [-0.2, 0) is 17.6 Å². The van der Waals surface area contributed by atoms with Gasteiger partial charge in [0.2, 0.25) is 5.91 Å². The molecule has 1 heterocycles. The maximum absolute atomic E-state index is 12.8. The highest BCUT2D eigenvalue weighted by Crippen LogP contribution is 2.26. The zero-order valence-electron chi connectivity index (χ0n) is 21.8. The molecule has 2 unspecified atom stereocenters. The first-order chi connectivity index (χ1) is 16.8. The van der Waals surface area contributed by atoms with Crippen molar-refractivity contribution < 1.29 is 4.79 Å². The topological polar surface area (TPSA) is 49.6 Å². The Morgan fingerprint density at radius 1 is 1.06 bits per heavy atom. The molecule has 2 N–H and O–H groups in total. The Labute approximate surface area is 217 Å². The lowest BCUT2D eigenvalue weighted by molar-refractivity contribution is -0.134. The number of anilines is 1. The van der Waals surface area contributed by atoms with Gasteiger partial charge in [-0.3, -0.25) is 4.79 Å². The molecule has 0 aliphatic carbocycles. The number of nitrogens with zero attached hydrogens (tertiary/aromatic N) is 2. The summed E-state index contributed by atoms with van der Waals surface area (Å²) >= 11 is 6.01. The summed E-state index contributed by atoms with van der Waals surface area (Å²) in [6.45, 7) is 10.9. The van der Waals surface area contributed by atoms with E-state index in [4.69, 9.17) is 17.3 Å². The van der Waals surface area contributed by atoms with Gasteiger partial charge in [0, 0.05) is 36.4 Å². The van der Waals surface area contributed by atoms with Gasteiger partial charge in [0.25, 0.3) is 0 Å². The number of allylic oxidation sites excluding steroid dienone is 1. The lowest BCUT2D eigenvalue weighted by Crippen LogP contribution is -2.52. The monoisotopic (exact) mass is 495 g/mol. The minimum Gasteiger partial charge on any atom is -0.365 e. The van der Waals surface area contributed by atoms with Crippen molar-refractivity contribution >= 4 is 23.2 Å². The molecule has 4 nitrogen and oxygen atoms in total. The quantitative estimate of drug-likeness (QED) is 0.395. The fourth-order valence-corrected chi connectivity index (χ4v) is 4.77. The lowest BCUT2D eigenvalue weighted by Gasteiger charge is -2.40. The SMILES string of the molecule is CCC(C)C(N)C(=O)N1CCC(N(CC=C(C)C)c2ccc(CCc3ccc(Cl)cc3)cc2)CC1. The van der Waals surface area contributed by atoms with Crippen LogP contribution in [0.3, 0.4) is 0 Å². The average molecular weight is 496 g/mol. The number of rotatable bonds is 10. The third-order valence-electron chi connectivity index (χ3n) is 7.34. The molecule has 2 aromatic rings. The Kier molecular flexibility index (Phi) is 10.2. The van der Waals surface area contributed by atoms with Gasteiger partial charge in [-0.15, -0.1) is 0 Å². The minimum absolute atomic E-state index is 0.110. The number of hydrogen-bond acceptors (Lipinski definition) is 3. The standard InChI is InChI=1S/C30H42ClN3O/c1-5-23(4)29(32)30(35)33-19-17-28(18-20-33)34(21-16-22(2)3)27-14-10-25(11-15-27)7-6-24-8-12-26(31)13-9-24/h8-16,23,28-29H,5-7,17-21,32H2,1-4H3. The number of piperidine rings is 1. The van der Waals surface area contributed by atoms with Crippen LogP contribution in [0.1, 0.15) is 58.1 Å². The van der Waals surface area contributed by atoms with Crippen molar-refractivity contribution in [3.63, 3.8) is 0 Å². The van der Waals surface area contributed by atoms with Gasteiger partial charge in [-0.2, -0.15) is 0 Å². The van der Waals surface area contributed by atoms with Gasteiger partial charge in [-0.05, 0) is 80.8 Å². The molecule has 2 aromatic carbocycles. The van der Waals surface area contributed by atoms with Crippen molar-refractivity contribution in [3.8, 4) is 0 Å². The van der Waals surface area contributed by atoms with E-state index in [0.717, 1.165) is 56.8 Å². The smallest absolute Gasteiger partial charge is 0.239 e. The van der Waals surface area contributed by atoms with E-state index in [1.165, 1.54) is 22.4 Å². The fraction of sp³-hybridized carbons (Fsp3) is 0.500. The van der Waals surface area contributed by atoms with E-state index in [9.17, 15) is 4.79 Å². The van der Waals surface area contributed by atoms with Crippen LogP contribution in [-0.4, -0.2) is 42.5 Å². The number of carbonyl (C=O) groups excluding carboxylic acids is 1. The number of benzene rings is 2. The summed E-state index contributed by atoms with van der Waals surface area (Å²) in [6, 6.07) is 17.2. The molecule has 1 saturated heterocycles. The molecule has 1 aliphatic rings. The number of aryl methyl sites for hydroxylation is 2. The van der Waals surface area contributed by atoms with Crippen LogP contribution < -0.4 is 10.6 Å². The fourth-order valence-electron chi connectivity index (χ4n) is 4.65. The molecular weight excluding hydrogens is 454 g/mol. The van der Waals surface area contributed by atoms with E-state index < -0.39 is 6.04 Å². The maximum Gasteiger partial charge on any atom is 0.239 e. The minimum atomic E-state index is -0.390. The van der Waals surface area contributed by atoms with Crippen LogP contribution in [0, 0.1) is 5.92 Å². The first kappa shape index (κ1) is 27.3. The maximum atomic E-state index is 12.8. The zero-order chi connectivity index (χ0) is 25.4.